The van der Waals surface area contributed by atoms with Gasteiger partial charge >= 0.3 is 11.9 Å². The number of ether oxygens (including phenoxy) is 1. The third-order valence-corrected chi connectivity index (χ3v) is 6.40. The lowest BCUT2D eigenvalue weighted by Crippen LogP contribution is -2.47. The highest BCUT2D eigenvalue weighted by Gasteiger charge is 2.25. The molecule has 0 aliphatic rings. The number of nitrogens with one attached hydrogen (secondary N) is 3. The van der Waals surface area contributed by atoms with E-state index in [1.165, 1.54) is 12.4 Å². The molecule has 0 saturated carbocycles. The number of nitrogens with zero attached hydrogens (tertiary/aromatic N) is 2. The summed E-state index contributed by atoms with van der Waals surface area (Å²) in [5, 5.41) is 16.1. The van der Waals surface area contributed by atoms with Crippen molar-refractivity contribution in [3.63, 3.8) is 0 Å². The van der Waals surface area contributed by atoms with E-state index in [4.69, 9.17) is 4.74 Å². The molecular weight excluding hydrogens is 613 g/mol. The molecule has 1 atom stereocenters. The standard InChI is InChI=1S/C29H34FN5O9S/c1-29(2,3)44-25(38)13-12-21(26(39)35-22-14-19(30)10-11-20(22)27(40)41)34-24(37)17-31-23(36)9-7-5-6-8-18-15-32-28(33-16-18)45(4,42)43/h10-11,14-16,21H,5,7,9,12-13,17H2,1-4H3,(H,31,36)(H,34,37)(H,35,39)(H,40,41)/t21-/m0/s1. The topological polar surface area (TPSA) is 211 Å². The number of carboxylic acids is 1. The van der Waals surface area contributed by atoms with Gasteiger partial charge in [0.15, 0.2) is 0 Å². The number of carbonyl (C=O) groups excluding carboxylic acids is 4. The summed E-state index contributed by atoms with van der Waals surface area (Å²) < 4.78 is 41.8. The van der Waals surface area contributed by atoms with Gasteiger partial charge in [0.05, 0.1) is 23.4 Å². The van der Waals surface area contributed by atoms with Crippen molar-refractivity contribution in [2.24, 2.45) is 0 Å². The molecule has 45 heavy (non-hydrogen) atoms. The van der Waals surface area contributed by atoms with Crippen LogP contribution in [0.15, 0.2) is 35.7 Å². The number of sulfone groups is 1. The van der Waals surface area contributed by atoms with E-state index in [1.54, 1.807) is 20.8 Å². The average molecular weight is 648 g/mol. The Kier molecular flexibility index (Phi) is 13.1. The lowest BCUT2D eigenvalue weighted by molar-refractivity contribution is -0.155. The van der Waals surface area contributed by atoms with Gasteiger partial charge in [-0.2, -0.15) is 0 Å². The summed E-state index contributed by atoms with van der Waals surface area (Å²) in [4.78, 5) is 69.0. The molecule has 0 bridgehead atoms. The molecule has 242 valence electrons. The predicted octanol–water partition coefficient (Wildman–Crippen LogP) is 1.60. The van der Waals surface area contributed by atoms with Gasteiger partial charge in [0.25, 0.3) is 0 Å². The van der Waals surface area contributed by atoms with E-state index in [1.807, 2.05) is 0 Å². The van der Waals surface area contributed by atoms with E-state index >= 15 is 0 Å². The summed E-state index contributed by atoms with van der Waals surface area (Å²) in [5.41, 5.74) is -1.15. The number of esters is 1. The zero-order chi connectivity index (χ0) is 33.8. The Morgan fingerprint density at radius 1 is 1.07 bits per heavy atom. The van der Waals surface area contributed by atoms with Gasteiger partial charge < -0.3 is 25.8 Å². The second-order valence-electron chi connectivity index (χ2n) is 10.7. The van der Waals surface area contributed by atoms with Crippen LogP contribution in [-0.2, 0) is 33.8 Å². The number of unbranched alkanes of at least 4 members (excludes halogenated alkanes) is 1. The molecule has 1 aromatic carbocycles. The van der Waals surface area contributed by atoms with Crippen LogP contribution in [0, 0.1) is 17.7 Å². The molecule has 16 heteroatoms. The van der Waals surface area contributed by atoms with Crippen LogP contribution in [-0.4, -0.2) is 77.6 Å². The molecule has 0 aliphatic carbocycles. The first kappa shape index (κ1) is 36.3. The molecule has 14 nitrogen and oxygen atoms in total. The fourth-order valence-corrected chi connectivity index (χ4v) is 4.02. The molecule has 4 N–H and O–H groups in total. The number of carboxylic acid groups (broad SMARTS) is 1. The Hall–Kier alpha value is -4.91. The SMILES string of the molecule is CC(C)(C)OC(=O)CC[C@H](NC(=O)CNC(=O)CCCC#Cc1cnc(S(C)(=O)=O)nc1)C(=O)Nc1cc(F)ccc1C(=O)O. The fraction of sp³-hybridized carbons (Fsp3) is 0.414. The molecule has 0 unspecified atom stereocenters. The number of aromatic nitrogens is 2. The third kappa shape index (κ3) is 13.5. The van der Waals surface area contributed by atoms with Crippen molar-refractivity contribution in [2.75, 3.05) is 18.1 Å². The molecule has 0 spiro atoms. The zero-order valence-corrected chi connectivity index (χ0v) is 25.9. The molecule has 3 amide bonds. The van der Waals surface area contributed by atoms with Crippen LogP contribution >= 0.6 is 0 Å². The van der Waals surface area contributed by atoms with Gasteiger partial charge in [-0.3, -0.25) is 19.2 Å². The molecule has 0 aliphatic heterocycles. The van der Waals surface area contributed by atoms with Gasteiger partial charge in [-0.1, -0.05) is 11.8 Å². The summed E-state index contributed by atoms with van der Waals surface area (Å²) in [6.45, 7) is 4.45. The van der Waals surface area contributed by atoms with Gasteiger partial charge in [0.1, 0.15) is 17.5 Å². The van der Waals surface area contributed by atoms with Gasteiger partial charge in [0.2, 0.25) is 32.7 Å². The van der Waals surface area contributed by atoms with Crippen molar-refractivity contribution < 1.29 is 46.6 Å². The number of anilines is 1. The van der Waals surface area contributed by atoms with E-state index < -0.39 is 69.1 Å². The van der Waals surface area contributed by atoms with E-state index in [2.05, 4.69) is 37.8 Å². The third-order valence-electron chi connectivity index (χ3n) is 5.52. The number of amides is 3. The Morgan fingerprint density at radius 3 is 2.33 bits per heavy atom. The Morgan fingerprint density at radius 2 is 1.73 bits per heavy atom. The van der Waals surface area contributed by atoms with Crippen LogP contribution in [0.5, 0.6) is 0 Å². The molecule has 2 aromatic rings. The van der Waals surface area contributed by atoms with E-state index in [0.29, 0.717) is 18.4 Å². The normalized spacial score (nSPS) is 11.8. The molecular formula is C29H34FN5O9S. The highest BCUT2D eigenvalue weighted by molar-refractivity contribution is 7.90. The summed E-state index contributed by atoms with van der Waals surface area (Å²) in [5.74, 6) is 0.505. The van der Waals surface area contributed by atoms with Crippen molar-refractivity contribution in [1.82, 2.24) is 20.6 Å². The maximum atomic E-state index is 13.8. The van der Waals surface area contributed by atoms with Crippen molar-refractivity contribution in [3.05, 3.63) is 47.5 Å². The average Bonchev–Trinajstić information content (AvgIpc) is 2.92. The maximum absolute atomic E-state index is 13.8. The van der Waals surface area contributed by atoms with Crippen molar-refractivity contribution in [1.29, 1.82) is 0 Å². The zero-order valence-electron chi connectivity index (χ0n) is 25.1. The molecule has 1 heterocycles. The summed E-state index contributed by atoms with van der Waals surface area (Å²) in [6.07, 6.45) is 3.66. The molecule has 2 rings (SSSR count). The Bertz CT molecular complexity index is 1590. The Labute approximate surface area is 259 Å². The lowest BCUT2D eigenvalue weighted by atomic mass is 10.1. The highest BCUT2D eigenvalue weighted by Crippen LogP contribution is 2.18. The smallest absolute Gasteiger partial charge is 0.337 e. The van der Waals surface area contributed by atoms with Crippen LogP contribution in [0.4, 0.5) is 10.1 Å². The van der Waals surface area contributed by atoms with Crippen molar-refractivity contribution in [2.45, 2.75) is 69.7 Å². The van der Waals surface area contributed by atoms with Crippen LogP contribution < -0.4 is 16.0 Å². The summed E-state index contributed by atoms with van der Waals surface area (Å²) in [6, 6.07) is 1.32. The van der Waals surface area contributed by atoms with Crippen LogP contribution in [0.25, 0.3) is 0 Å². The largest absolute Gasteiger partial charge is 0.478 e. The lowest BCUT2D eigenvalue weighted by Gasteiger charge is -2.22. The van der Waals surface area contributed by atoms with Gasteiger partial charge in [-0.25, -0.2) is 27.6 Å². The maximum Gasteiger partial charge on any atom is 0.337 e. The van der Waals surface area contributed by atoms with Gasteiger partial charge in [-0.05, 0) is 51.8 Å². The first-order valence-electron chi connectivity index (χ1n) is 13.6. The number of hydrogen-bond acceptors (Lipinski definition) is 10. The molecule has 1 aromatic heterocycles. The number of hydrogen-bond donors (Lipinski definition) is 4. The minimum absolute atomic E-state index is 0.0194. The van der Waals surface area contributed by atoms with E-state index in [-0.39, 0.29) is 30.1 Å². The fourth-order valence-electron chi connectivity index (χ4n) is 3.54. The Balaban J connectivity index is 1.94. The molecule has 0 saturated heterocycles. The van der Waals surface area contributed by atoms with Crippen LogP contribution in [0.2, 0.25) is 0 Å². The van der Waals surface area contributed by atoms with Crippen LogP contribution in [0.3, 0.4) is 0 Å². The van der Waals surface area contributed by atoms with Gasteiger partial charge in [-0.15, -0.1) is 0 Å². The minimum Gasteiger partial charge on any atom is -0.478 e. The summed E-state index contributed by atoms with van der Waals surface area (Å²) in [7, 11) is -3.53. The second kappa shape index (κ2) is 16.2. The minimum atomic E-state index is -3.53. The monoisotopic (exact) mass is 647 g/mol. The molecule has 0 fully saturated rings. The van der Waals surface area contributed by atoms with Gasteiger partial charge in [0, 0.05) is 37.9 Å². The van der Waals surface area contributed by atoms with E-state index in [9.17, 15) is 41.9 Å². The molecule has 0 radical (unpaired) electrons. The van der Waals surface area contributed by atoms with Crippen LogP contribution in [0.1, 0.15) is 68.8 Å². The highest BCUT2D eigenvalue weighted by atomic mass is 32.2. The predicted molar refractivity (Wildman–Crippen MR) is 158 cm³/mol. The van der Waals surface area contributed by atoms with E-state index in [0.717, 1.165) is 24.5 Å². The first-order chi connectivity index (χ1) is 20.9. The number of benzene rings is 1. The number of halogens is 1. The van der Waals surface area contributed by atoms with Crippen molar-refractivity contribution in [3.8, 4) is 11.8 Å². The summed E-state index contributed by atoms with van der Waals surface area (Å²) >= 11 is 0. The first-order valence-corrected chi connectivity index (χ1v) is 15.5. The number of rotatable bonds is 13. The quantitative estimate of drug-likeness (QED) is 0.106. The number of carbonyl (C=O) groups is 5. The number of aromatic carboxylic acids is 1. The van der Waals surface area contributed by atoms with Crippen molar-refractivity contribution >= 4 is 45.2 Å². The second-order valence-corrected chi connectivity index (χ2v) is 12.6.